The molecule has 0 unspecified atom stereocenters. The Morgan fingerprint density at radius 2 is 1.94 bits per heavy atom. The van der Waals surface area contributed by atoms with Gasteiger partial charge in [-0.3, -0.25) is 4.79 Å². The van der Waals surface area contributed by atoms with Crippen LogP contribution in [0.25, 0.3) is 0 Å². The summed E-state index contributed by atoms with van der Waals surface area (Å²) in [6, 6.07) is 2.13. The molecule has 0 saturated heterocycles. The molecule has 0 aromatic heterocycles. The number of halogens is 2. The standard InChI is InChI=1S/C12H17F2N3O/c13-8-5-6-9(16)12(11(8)14)17-10(18)4-2-1-3-7-15/h5-6H,1-4,7,15-16H2,(H,17,18). The van der Waals surface area contributed by atoms with E-state index in [0.29, 0.717) is 13.0 Å². The van der Waals surface area contributed by atoms with Crippen molar-refractivity contribution in [3.8, 4) is 0 Å². The Hall–Kier alpha value is -1.69. The first-order valence-electron chi connectivity index (χ1n) is 5.79. The average molecular weight is 257 g/mol. The van der Waals surface area contributed by atoms with Gasteiger partial charge in [0.05, 0.1) is 5.69 Å². The minimum Gasteiger partial charge on any atom is -0.397 e. The van der Waals surface area contributed by atoms with Gasteiger partial charge in [0.25, 0.3) is 0 Å². The molecular formula is C12H17F2N3O. The number of nitrogens with two attached hydrogens (primary N) is 2. The van der Waals surface area contributed by atoms with Gasteiger partial charge < -0.3 is 16.8 Å². The predicted molar refractivity (Wildman–Crippen MR) is 66.9 cm³/mol. The maximum absolute atomic E-state index is 13.4. The quantitative estimate of drug-likeness (QED) is 0.538. The topological polar surface area (TPSA) is 81.1 Å². The zero-order valence-corrected chi connectivity index (χ0v) is 10.0. The van der Waals surface area contributed by atoms with Gasteiger partial charge in [-0.05, 0) is 31.5 Å². The Morgan fingerprint density at radius 3 is 2.61 bits per heavy atom. The SMILES string of the molecule is NCCCCCC(=O)Nc1c(N)ccc(F)c1F. The Bertz CT molecular complexity index is 424. The number of nitrogens with one attached hydrogen (secondary N) is 1. The zero-order chi connectivity index (χ0) is 13.5. The summed E-state index contributed by atoms with van der Waals surface area (Å²) >= 11 is 0. The lowest BCUT2D eigenvalue weighted by Gasteiger charge is -2.09. The highest BCUT2D eigenvalue weighted by Gasteiger charge is 2.14. The van der Waals surface area contributed by atoms with Crippen LogP contribution < -0.4 is 16.8 Å². The molecule has 1 rings (SSSR count). The van der Waals surface area contributed by atoms with Crippen LogP contribution in [0, 0.1) is 11.6 Å². The number of hydrogen-bond donors (Lipinski definition) is 3. The van der Waals surface area contributed by atoms with Crippen molar-refractivity contribution in [1.29, 1.82) is 0 Å². The van der Waals surface area contributed by atoms with Gasteiger partial charge in [0, 0.05) is 6.42 Å². The molecule has 18 heavy (non-hydrogen) atoms. The molecule has 0 bridgehead atoms. The second-order valence-corrected chi connectivity index (χ2v) is 3.97. The number of amides is 1. The van der Waals surface area contributed by atoms with Crippen molar-refractivity contribution in [3.05, 3.63) is 23.8 Å². The van der Waals surface area contributed by atoms with Crippen molar-refractivity contribution in [2.24, 2.45) is 5.73 Å². The molecule has 5 N–H and O–H groups in total. The van der Waals surface area contributed by atoms with E-state index in [2.05, 4.69) is 5.32 Å². The van der Waals surface area contributed by atoms with Crippen molar-refractivity contribution in [2.45, 2.75) is 25.7 Å². The molecule has 1 aromatic carbocycles. The summed E-state index contributed by atoms with van der Waals surface area (Å²) in [4.78, 5) is 11.5. The average Bonchev–Trinajstić information content (AvgIpc) is 2.35. The number of carbonyl (C=O) groups is 1. The molecule has 0 atom stereocenters. The molecule has 100 valence electrons. The van der Waals surface area contributed by atoms with E-state index in [1.807, 2.05) is 0 Å². The third-order valence-corrected chi connectivity index (χ3v) is 2.50. The maximum atomic E-state index is 13.4. The third kappa shape index (κ3) is 3.96. The van der Waals surface area contributed by atoms with E-state index in [0.717, 1.165) is 18.9 Å². The number of carbonyl (C=O) groups excluding carboxylic acids is 1. The van der Waals surface area contributed by atoms with Crippen LogP contribution in [-0.2, 0) is 4.79 Å². The van der Waals surface area contributed by atoms with Crippen LogP contribution in [0.4, 0.5) is 20.2 Å². The number of hydrogen-bond acceptors (Lipinski definition) is 3. The van der Waals surface area contributed by atoms with E-state index in [-0.39, 0.29) is 23.7 Å². The van der Waals surface area contributed by atoms with Gasteiger partial charge in [-0.25, -0.2) is 8.78 Å². The van der Waals surface area contributed by atoms with E-state index in [4.69, 9.17) is 11.5 Å². The minimum absolute atomic E-state index is 0.00390. The highest BCUT2D eigenvalue weighted by Crippen LogP contribution is 2.24. The van der Waals surface area contributed by atoms with Gasteiger partial charge in [-0.2, -0.15) is 0 Å². The second-order valence-electron chi connectivity index (χ2n) is 3.97. The lowest BCUT2D eigenvalue weighted by molar-refractivity contribution is -0.116. The molecule has 1 aromatic rings. The molecular weight excluding hydrogens is 240 g/mol. The highest BCUT2D eigenvalue weighted by atomic mass is 19.2. The van der Waals surface area contributed by atoms with Crippen LogP contribution in [0.2, 0.25) is 0 Å². The molecule has 0 radical (unpaired) electrons. The van der Waals surface area contributed by atoms with E-state index in [1.54, 1.807) is 0 Å². The molecule has 0 aliphatic rings. The van der Waals surface area contributed by atoms with Crippen molar-refractivity contribution in [2.75, 3.05) is 17.6 Å². The fourth-order valence-corrected chi connectivity index (χ4v) is 1.50. The van der Waals surface area contributed by atoms with Crippen molar-refractivity contribution < 1.29 is 13.6 Å². The van der Waals surface area contributed by atoms with E-state index in [9.17, 15) is 13.6 Å². The molecule has 0 spiro atoms. The maximum Gasteiger partial charge on any atom is 0.224 e. The zero-order valence-electron chi connectivity index (χ0n) is 10.0. The van der Waals surface area contributed by atoms with Crippen LogP contribution >= 0.6 is 0 Å². The van der Waals surface area contributed by atoms with Gasteiger partial charge in [0.15, 0.2) is 11.6 Å². The number of unbranched alkanes of at least 4 members (excludes halogenated alkanes) is 2. The number of benzene rings is 1. The first-order chi connectivity index (χ1) is 8.56. The number of rotatable bonds is 6. The van der Waals surface area contributed by atoms with Crippen LogP contribution in [-0.4, -0.2) is 12.5 Å². The van der Waals surface area contributed by atoms with Crippen LogP contribution in [0.15, 0.2) is 12.1 Å². The first-order valence-corrected chi connectivity index (χ1v) is 5.79. The van der Waals surface area contributed by atoms with Crippen molar-refractivity contribution in [3.63, 3.8) is 0 Å². The van der Waals surface area contributed by atoms with Gasteiger partial charge in [-0.15, -0.1) is 0 Å². The van der Waals surface area contributed by atoms with Crippen molar-refractivity contribution in [1.82, 2.24) is 0 Å². The van der Waals surface area contributed by atoms with Crippen molar-refractivity contribution >= 4 is 17.3 Å². The molecule has 6 heteroatoms. The second kappa shape index (κ2) is 6.90. The summed E-state index contributed by atoms with van der Waals surface area (Å²) in [7, 11) is 0. The summed E-state index contributed by atoms with van der Waals surface area (Å²) in [5.74, 6) is -2.56. The normalized spacial score (nSPS) is 10.4. The smallest absolute Gasteiger partial charge is 0.224 e. The number of nitrogen functional groups attached to an aromatic ring is 1. The highest BCUT2D eigenvalue weighted by molar-refractivity contribution is 5.93. The lowest BCUT2D eigenvalue weighted by Crippen LogP contribution is -2.14. The summed E-state index contributed by atoms with van der Waals surface area (Å²) < 4.78 is 26.3. The molecule has 0 aliphatic heterocycles. The van der Waals surface area contributed by atoms with Gasteiger partial charge >= 0.3 is 0 Å². The van der Waals surface area contributed by atoms with Crippen LogP contribution in [0.3, 0.4) is 0 Å². The molecule has 4 nitrogen and oxygen atoms in total. The van der Waals surface area contributed by atoms with Gasteiger partial charge in [-0.1, -0.05) is 6.42 Å². The molecule has 0 aliphatic carbocycles. The lowest BCUT2D eigenvalue weighted by atomic mass is 10.2. The summed E-state index contributed by atoms with van der Waals surface area (Å²) in [6.45, 7) is 0.576. The molecule has 0 fully saturated rings. The number of anilines is 2. The van der Waals surface area contributed by atoms with Crippen LogP contribution in [0.1, 0.15) is 25.7 Å². The summed E-state index contributed by atoms with van der Waals surface area (Å²) in [5, 5.41) is 2.29. The van der Waals surface area contributed by atoms with E-state index >= 15 is 0 Å². The van der Waals surface area contributed by atoms with Gasteiger partial charge in [0.2, 0.25) is 5.91 Å². The molecule has 0 saturated carbocycles. The fourth-order valence-electron chi connectivity index (χ4n) is 1.50. The van der Waals surface area contributed by atoms with Crippen LogP contribution in [0.5, 0.6) is 0 Å². The first kappa shape index (κ1) is 14.4. The predicted octanol–water partition coefficient (Wildman–Crippen LogP) is 2.00. The Kier molecular flexibility index (Phi) is 5.51. The Labute approximate surface area is 104 Å². The molecule has 0 heterocycles. The van der Waals surface area contributed by atoms with Gasteiger partial charge in [0.1, 0.15) is 5.69 Å². The largest absolute Gasteiger partial charge is 0.397 e. The molecule has 1 amide bonds. The monoisotopic (exact) mass is 257 g/mol. The minimum atomic E-state index is -1.13. The Balaban J connectivity index is 2.57. The summed E-state index contributed by atoms with van der Waals surface area (Å²) in [5.41, 5.74) is 10.5. The Morgan fingerprint density at radius 1 is 1.22 bits per heavy atom. The van der Waals surface area contributed by atoms with E-state index in [1.165, 1.54) is 6.07 Å². The van der Waals surface area contributed by atoms with E-state index < -0.39 is 11.6 Å². The third-order valence-electron chi connectivity index (χ3n) is 2.50. The summed E-state index contributed by atoms with van der Waals surface area (Å²) in [6.07, 6.45) is 2.55. The fraction of sp³-hybridized carbons (Fsp3) is 0.417.